The van der Waals surface area contributed by atoms with Gasteiger partial charge in [0.25, 0.3) is 5.56 Å². The van der Waals surface area contributed by atoms with Crippen LogP contribution in [0.1, 0.15) is 44.9 Å². The fourth-order valence-electron chi connectivity index (χ4n) is 3.63. The monoisotopic (exact) mass is 471 g/mol. The molecule has 0 aliphatic heterocycles. The van der Waals surface area contributed by atoms with Crippen LogP contribution in [0, 0.1) is 6.92 Å². The largest absolute Gasteiger partial charge is 0.383 e. The highest BCUT2D eigenvalue weighted by atomic mass is 32.2. The first-order valence-electron chi connectivity index (χ1n) is 11.4. The number of aromatic nitrogens is 2. The molecule has 8 nitrogen and oxygen atoms in total. The Bertz CT molecular complexity index is 1270. The third kappa shape index (κ3) is 5.72. The summed E-state index contributed by atoms with van der Waals surface area (Å²) in [4.78, 5) is 17.3. The van der Waals surface area contributed by atoms with Crippen molar-refractivity contribution in [1.29, 1.82) is 0 Å². The second-order valence-electron chi connectivity index (χ2n) is 7.95. The molecule has 3 aromatic rings. The first-order valence-corrected chi connectivity index (χ1v) is 12.8. The van der Waals surface area contributed by atoms with Crippen molar-refractivity contribution in [2.24, 2.45) is 0 Å². The van der Waals surface area contributed by atoms with Crippen molar-refractivity contribution >= 4 is 27.0 Å². The van der Waals surface area contributed by atoms with Crippen molar-refractivity contribution in [3.8, 4) is 0 Å². The number of benzene rings is 1. The summed E-state index contributed by atoms with van der Waals surface area (Å²) in [5, 5.41) is 6.67. The van der Waals surface area contributed by atoms with Crippen molar-refractivity contribution < 1.29 is 8.42 Å². The lowest BCUT2D eigenvalue weighted by molar-refractivity contribution is 0.445. The second kappa shape index (κ2) is 10.8. The van der Waals surface area contributed by atoms with Crippen LogP contribution in [0.4, 0.5) is 11.4 Å². The number of anilines is 2. The van der Waals surface area contributed by atoms with Gasteiger partial charge in [-0.3, -0.25) is 9.20 Å². The summed E-state index contributed by atoms with van der Waals surface area (Å²) in [7, 11) is -3.59. The van der Waals surface area contributed by atoms with E-state index in [1.165, 1.54) is 14.8 Å². The van der Waals surface area contributed by atoms with Gasteiger partial charge in [-0.1, -0.05) is 33.3 Å². The molecule has 0 fully saturated rings. The van der Waals surface area contributed by atoms with Crippen molar-refractivity contribution in [2.45, 2.75) is 52.0 Å². The molecule has 0 saturated heterocycles. The average molecular weight is 472 g/mol. The number of pyridine rings is 1. The van der Waals surface area contributed by atoms with E-state index >= 15 is 0 Å². The molecular formula is C24H33N5O3S. The van der Waals surface area contributed by atoms with Crippen molar-refractivity contribution in [1.82, 2.24) is 13.7 Å². The van der Waals surface area contributed by atoms with Gasteiger partial charge in [0, 0.05) is 31.9 Å². The average Bonchev–Trinajstić information content (AvgIpc) is 2.79. The van der Waals surface area contributed by atoms with Crippen molar-refractivity contribution in [2.75, 3.05) is 30.3 Å². The minimum absolute atomic E-state index is 0.153. The smallest absolute Gasteiger partial charge is 0.258 e. The summed E-state index contributed by atoms with van der Waals surface area (Å²) in [6, 6.07) is 10.3. The summed E-state index contributed by atoms with van der Waals surface area (Å²) in [5.41, 5.74) is 3.45. The summed E-state index contributed by atoms with van der Waals surface area (Å²) in [6.45, 7) is 9.57. The molecule has 178 valence electrons. The van der Waals surface area contributed by atoms with Gasteiger partial charge in [-0.25, -0.2) is 13.4 Å². The lowest BCUT2D eigenvalue weighted by Gasteiger charge is -2.20. The van der Waals surface area contributed by atoms with Crippen LogP contribution in [-0.2, 0) is 16.6 Å². The molecule has 0 aliphatic carbocycles. The van der Waals surface area contributed by atoms with Crippen LogP contribution in [-0.4, -0.2) is 41.7 Å². The summed E-state index contributed by atoms with van der Waals surface area (Å²) in [6.07, 6.45) is 3.81. The number of nitrogens with zero attached hydrogens (tertiary/aromatic N) is 3. The minimum atomic E-state index is -3.59. The molecular weight excluding hydrogens is 438 g/mol. The molecule has 0 bridgehead atoms. The van der Waals surface area contributed by atoms with Gasteiger partial charge in [-0.15, -0.1) is 0 Å². The molecule has 0 spiro atoms. The highest BCUT2D eigenvalue weighted by Crippen LogP contribution is 2.28. The van der Waals surface area contributed by atoms with Gasteiger partial charge < -0.3 is 10.6 Å². The van der Waals surface area contributed by atoms with Crippen molar-refractivity contribution in [3.05, 3.63) is 64.2 Å². The molecule has 0 aliphatic rings. The number of hydrogen-bond acceptors (Lipinski definition) is 6. The van der Waals surface area contributed by atoms with Gasteiger partial charge in [-0.2, -0.15) is 4.31 Å². The van der Waals surface area contributed by atoms with Gasteiger partial charge in [0.05, 0.1) is 28.5 Å². The van der Waals surface area contributed by atoms with E-state index in [2.05, 4.69) is 22.5 Å². The minimum Gasteiger partial charge on any atom is -0.383 e. The Kier molecular flexibility index (Phi) is 8.10. The van der Waals surface area contributed by atoms with Gasteiger partial charge in [0.2, 0.25) is 10.0 Å². The Morgan fingerprint density at radius 1 is 1.00 bits per heavy atom. The highest BCUT2D eigenvalue weighted by molar-refractivity contribution is 7.89. The van der Waals surface area contributed by atoms with Crippen LogP contribution in [0.5, 0.6) is 0 Å². The summed E-state index contributed by atoms with van der Waals surface area (Å²) < 4.78 is 29.0. The van der Waals surface area contributed by atoms with Gasteiger partial charge in [0.15, 0.2) is 0 Å². The fourth-order valence-corrected chi connectivity index (χ4v) is 5.12. The zero-order chi connectivity index (χ0) is 24.0. The molecule has 1 aromatic carbocycles. The Morgan fingerprint density at radius 2 is 1.76 bits per heavy atom. The standard InChI is InChI=1S/C24H33N5O3S/c1-5-8-13-25-21-11-10-20(33(31,32)28(6-2)7-3)15-22(21)26-16-19-14-24(30)29-17-18(4)9-12-23(29)27-19/h9-12,14-15,17,25-26H,5-8,13,16H2,1-4H3. The quantitative estimate of drug-likeness (QED) is 0.412. The summed E-state index contributed by atoms with van der Waals surface area (Å²) in [5.74, 6) is 0. The number of sulfonamides is 1. The van der Waals surface area contributed by atoms with E-state index in [9.17, 15) is 13.2 Å². The molecule has 3 rings (SSSR count). The number of rotatable bonds is 11. The molecule has 2 N–H and O–H groups in total. The lowest BCUT2D eigenvalue weighted by Crippen LogP contribution is -2.30. The first kappa shape index (κ1) is 24.7. The van der Waals surface area contributed by atoms with E-state index in [1.54, 1.807) is 24.4 Å². The van der Waals surface area contributed by atoms with Crippen LogP contribution in [0.15, 0.2) is 52.3 Å². The normalized spacial score (nSPS) is 11.8. The van der Waals surface area contributed by atoms with E-state index < -0.39 is 10.0 Å². The maximum Gasteiger partial charge on any atom is 0.258 e. The van der Waals surface area contributed by atoms with Crippen LogP contribution in [0.2, 0.25) is 0 Å². The van der Waals surface area contributed by atoms with Gasteiger partial charge >= 0.3 is 0 Å². The fraction of sp³-hybridized carbons (Fsp3) is 0.417. The molecule has 0 unspecified atom stereocenters. The van der Waals surface area contributed by atoms with Gasteiger partial charge in [-0.05, 0) is 43.2 Å². The number of hydrogen-bond donors (Lipinski definition) is 2. The Labute approximate surface area is 195 Å². The molecule has 0 amide bonds. The topological polar surface area (TPSA) is 95.8 Å². The lowest BCUT2D eigenvalue weighted by atomic mass is 10.2. The predicted molar refractivity (Wildman–Crippen MR) is 133 cm³/mol. The van der Waals surface area contributed by atoms with E-state index in [0.29, 0.717) is 30.1 Å². The maximum absolute atomic E-state index is 13.0. The second-order valence-corrected chi connectivity index (χ2v) is 9.89. The zero-order valence-corrected chi connectivity index (χ0v) is 20.6. The molecule has 33 heavy (non-hydrogen) atoms. The molecule has 2 heterocycles. The summed E-state index contributed by atoms with van der Waals surface area (Å²) >= 11 is 0. The maximum atomic E-state index is 13.0. The van der Waals surface area contributed by atoms with Crippen LogP contribution in [0.3, 0.4) is 0 Å². The van der Waals surface area contributed by atoms with Crippen LogP contribution < -0.4 is 16.2 Å². The van der Waals surface area contributed by atoms with Crippen LogP contribution >= 0.6 is 0 Å². The Morgan fingerprint density at radius 3 is 2.45 bits per heavy atom. The highest BCUT2D eigenvalue weighted by Gasteiger charge is 2.22. The van der Waals surface area contributed by atoms with Gasteiger partial charge in [0.1, 0.15) is 5.65 Å². The van der Waals surface area contributed by atoms with E-state index in [4.69, 9.17) is 0 Å². The van der Waals surface area contributed by atoms with E-state index in [0.717, 1.165) is 30.6 Å². The van der Waals surface area contributed by atoms with Crippen molar-refractivity contribution in [3.63, 3.8) is 0 Å². The predicted octanol–water partition coefficient (Wildman–Crippen LogP) is 3.86. The third-order valence-corrected chi connectivity index (χ3v) is 7.55. The number of aryl methyl sites for hydroxylation is 1. The Hall–Kier alpha value is -2.91. The van der Waals surface area contributed by atoms with Crippen LogP contribution in [0.25, 0.3) is 5.65 Å². The molecule has 2 aromatic heterocycles. The Balaban J connectivity index is 1.93. The van der Waals surface area contributed by atoms with E-state index in [1.807, 2.05) is 32.9 Å². The zero-order valence-electron chi connectivity index (χ0n) is 19.8. The van der Waals surface area contributed by atoms with E-state index in [-0.39, 0.29) is 17.0 Å². The molecule has 9 heteroatoms. The number of unbranched alkanes of at least 4 members (excludes halogenated alkanes) is 1. The molecule has 0 atom stereocenters. The SMILES string of the molecule is CCCCNc1ccc(S(=O)(=O)N(CC)CC)cc1NCc1cc(=O)n2cc(C)ccc2n1. The number of nitrogens with one attached hydrogen (secondary N) is 2. The third-order valence-electron chi connectivity index (χ3n) is 5.50. The first-order chi connectivity index (χ1) is 15.8. The molecule has 0 radical (unpaired) electrons. The molecule has 0 saturated carbocycles. The number of fused-ring (bicyclic) bond motifs is 1.